The fourth-order valence-corrected chi connectivity index (χ4v) is 7.41. The molecule has 0 saturated carbocycles. The maximum absolute atomic E-state index is 13.8. The quantitative estimate of drug-likeness (QED) is 0.123. The molecule has 2 heterocycles. The van der Waals surface area contributed by atoms with E-state index in [0.29, 0.717) is 11.1 Å². The molecule has 11 nitrogen and oxygen atoms in total. The van der Waals surface area contributed by atoms with Crippen LogP contribution >= 0.6 is 11.6 Å². The molecular weight excluding hydrogens is 574 g/mol. The third kappa shape index (κ3) is 4.78. The second-order valence-electron chi connectivity index (χ2n) is 9.75. The number of sulfone groups is 1. The van der Waals surface area contributed by atoms with E-state index in [0.717, 1.165) is 23.2 Å². The molecule has 3 unspecified atom stereocenters. The first-order valence-corrected chi connectivity index (χ1v) is 14.3. The molecule has 3 aromatic carbocycles. The molecule has 0 aliphatic carbocycles. The molecule has 3 N–H and O–H groups in total. The van der Waals surface area contributed by atoms with E-state index in [9.17, 15) is 33.0 Å². The zero-order chi connectivity index (χ0) is 29.5. The van der Waals surface area contributed by atoms with Crippen LogP contribution in [0, 0.1) is 0 Å². The van der Waals surface area contributed by atoms with Gasteiger partial charge in [-0.1, -0.05) is 72.3 Å². The van der Waals surface area contributed by atoms with Crippen LogP contribution in [0.4, 0.5) is 0 Å². The summed E-state index contributed by atoms with van der Waals surface area (Å²) >= 11 is 5.97. The summed E-state index contributed by atoms with van der Waals surface area (Å²) in [6.07, 6.45) is -0.315. The molecule has 41 heavy (non-hydrogen) atoms. The van der Waals surface area contributed by atoms with Gasteiger partial charge in [0.2, 0.25) is 5.91 Å². The van der Waals surface area contributed by atoms with Gasteiger partial charge in [-0.3, -0.25) is 9.59 Å². The van der Waals surface area contributed by atoms with Crippen LogP contribution in [-0.2, 0) is 24.2 Å². The van der Waals surface area contributed by atoms with Crippen molar-refractivity contribution < 1.29 is 37.8 Å². The van der Waals surface area contributed by atoms with Crippen molar-refractivity contribution in [3.63, 3.8) is 0 Å². The van der Waals surface area contributed by atoms with Crippen molar-refractivity contribution in [3.8, 4) is 11.5 Å². The van der Waals surface area contributed by atoms with Gasteiger partial charge in [0.25, 0.3) is 5.91 Å². The van der Waals surface area contributed by atoms with Crippen molar-refractivity contribution in [1.29, 1.82) is 0 Å². The lowest BCUT2D eigenvalue weighted by Gasteiger charge is -2.36. The Morgan fingerprint density at radius 1 is 1.07 bits per heavy atom. The highest BCUT2D eigenvalue weighted by Gasteiger charge is 2.70. The van der Waals surface area contributed by atoms with E-state index in [4.69, 9.17) is 16.3 Å². The van der Waals surface area contributed by atoms with E-state index in [-0.39, 0.29) is 17.0 Å². The van der Waals surface area contributed by atoms with Gasteiger partial charge < -0.3 is 19.8 Å². The average Bonchev–Trinajstić information content (AvgIpc) is 3.09. The number of rotatable bonds is 7. The molecule has 0 radical (unpaired) electrons. The normalized spacial score (nSPS) is 22.8. The van der Waals surface area contributed by atoms with Gasteiger partial charge in [0.05, 0.1) is 17.0 Å². The second kappa shape index (κ2) is 10.5. The van der Waals surface area contributed by atoms with Crippen molar-refractivity contribution in [2.45, 2.75) is 35.6 Å². The summed E-state index contributed by atoms with van der Waals surface area (Å²) in [5.41, 5.74) is 3.15. The van der Waals surface area contributed by atoms with E-state index in [1.54, 1.807) is 60.7 Å². The Labute approximate surface area is 239 Å². The molecule has 212 valence electrons. The smallest absolute Gasteiger partial charge is 0.331 e. The van der Waals surface area contributed by atoms with Gasteiger partial charge in [0, 0.05) is 12.3 Å². The predicted molar refractivity (Wildman–Crippen MR) is 148 cm³/mol. The highest BCUT2D eigenvalue weighted by Crippen LogP contribution is 2.46. The van der Waals surface area contributed by atoms with Gasteiger partial charge in [-0.2, -0.15) is 5.10 Å². The Morgan fingerprint density at radius 2 is 1.63 bits per heavy atom. The standard InChI is InChI=1S/C28H24ClN3O8S/c1-28(15-30-31-26(36)18-12-20(33)21(34)13-19(18)29)25(32-22(35)14-23(32)41(28,38)39)27(37)40-24(16-8-4-2-5-9-16)17-10-6-3-7-11-17/h2-13,15,23-25,33-34H,14H2,1H3,(H,31,36)/b30-15+. The number of fused-ring (bicyclic) bond motifs is 1. The van der Waals surface area contributed by atoms with Crippen LogP contribution in [0.3, 0.4) is 0 Å². The third-order valence-electron chi connectivity index (χ3n) is 7.20. The number of amides is 2. The lowest BCUT2D eigenvalue weighted by Crippen LogP contribution is -2.58. The summed E-state index contributed by atoms with van der Waals surface area (Å²) in [6.45, 7) is 1.23. The number of ether oxygens (including phenoxy) is 1. The van der Waals surface area contributed by atoms with E-state index in [1.807, 2.05) is 0 Å². The first kappa shape index (κ1) is 28.1. The maximum Gasteiger partial charge on any atom is 0.331 e. The SMILES string of the molecule is CC1(/C=N/NC(=O)c2cc(O)c(O)cc2Cl)C(C(=O)OC(c2ccccc2)c2ccccc2)N2C(=O)CC2S1(=O)=O. The third-order valence-corrected chi connectivity index (χ3v) is 10.2. The molecule has 3 aromatic rings. The lowest BCUT2D eigenvalue weighted by molar-refractivity contribution is -0.163. The highest BCUT2D eigenvalue weighted by atomic mass is 35.5. The van der Waals surface area contributed by atoms with Crippen LogP contribution < -0.4 is 5.43 Å². The molecule has 3 atom stereocenters. The zero-order valence-electron chi connectivity index (χ0n) is 21.5. The summed E-state index contributed by atoms with van der Waals surface area (Å²) < 4.78 is 31.0. The number of esters is 1. The fourth-order valence-electron chi connectivity index (χ4n) is 4.96. The van der Waals surface area contributed by atoms with Gasteiger partial charge in [0.1, 0.15) is 10.1 Å². The minimum atomic E-state index is -4.20. The molecule has 2 aliphatic rings. The van der Waals surface area contributed by atoms with Crippen LogP contribution in [0.5, 0.6) is 11.5 Å². The summed E-state index contributed by atoms with van der Waals surface area (Å²) in [5, 5.41) is 21.6. The van der Waals surface area contributed by atoms with Gasteiger partial charge in [-0.25, -0.2) is 18.6 Å². The Kier molecular flexibility index (Phi) is 7.22. The number of phenolic OH excluding ortho intramolecular Hbond substituents is 2. The number of nitrogens with zero attached hydrogens (tertiary/aromatic N) is 2. The summed E-state index contributed by atoms with van der Waals surface area (Å²) in [4.78, 5) is 40.0. The Morgan fingerprint density at radius 3 is 2.20 bits per heavy atom. The van der Waals surface area contributed by atoms with E-state index >= 15 is 0 Å². The maximum atomic E-state index is 13.8. The van der Waals surface area contributed by atoms with E-state index in [1.165, 1.54) is 6.92 Å². The van der Waals surface area contributed by atoms with Crippen LogP contribution in [0.1, 0.15) is 40.9 Å². The van der Waals surface area contributed by atoms with Gasteiger partial charge >= 0.3 is 5.97 Å². The molecule has 13 heteroatoms. The summed E-state index contributed by atoms with van der Waals surface area (Å²) in [6, 6.07) is 18.0. The first-order chi connectivity index (χ1) is 19.5. The van der Waals surface area contributed by atoms with Crippen molar-refractivity contribution in [2.24, 2.45) is 5.10 Å². The number of benzene rings is 3. The number of β-lactam (4-membered cyclic amide) rings is 1. The number of hydrogen-bond donors (Lipinski definition) is 3. The Balaban J connectivity index is 1.47. The summed E-state index contributed by atoms with van der Waals surface area (Å²) in [5.74, 6) is -3.57. The highest BCUT2D eigenvalue weighted by molar-refractivity contribution is 7.94. The van der Waals surface area contributed by atoms with Crippen LogP contribution in [0.2, 0.25) is 5.02 Å². The van der Waals surface area contributed by atoms with Crippen LogP contribution in [0.25, 0.3) is 0 Å². The molecule has 0 bridgehead atoms. The number of carbonyl (C=O) groups is 3. The molecule has 2 aliphatic heterocycles. The van der Waals surface area contributed by atoms with Crippen LogP contribution in [0.15, 0.2) is 77.9 Å². The van der Waals surface area contributed by atoms with Crippen molar-refractivity contribution >= 4 is 45.4 Å². The number of halogens is 1. The summed E-state index contributed by atoms with van der Waals surface area (Å²) in [7, 11) is -4.20. The number of carbonyl (C=O) groups excluding carboxylic acids is 3. The lowest BCUT2D eigenvalue weighted by atomic mass is 9.96. The van der Waals surface area contributed by atoms with Crippen LogP contribution in [-0.4, -0.2) is 63.7 Å². The minimum absolute atomic E-state index is 0.197. The number of aromatic hydroxyl groups is 2. The Hall–Kier alpha value is -4.42. The van der Waals surface area contributed by atoms with Gasteiger partial charge in [-0.15, -0.1) is 0 Å². The first-order valence-electron chi connectivity index (χ1n) is 12.4. The monoisotopic (exact) mass is 597 g/mol. The van der Waals surface area contributed by atoms with Gasteiger partial charge in [-0.05, 0) is 24.1 Å². The van der Waals surface area contributed by atoms with Crippen molar-refractivity contribution in [2.75, 3.05) is 0 Å². The van der Waals surface area contributed by atoms with E-state index < -0.39 is 61.4 Å². The molecular formula is C28H24ClN3O8S. The minimum Gasteiger partial charge on any atom is -0.504 e. The van der Waals surface area contributed by atoms with E-state index in [2.05, 4.69) is 10.5 Å². The average molecular weight is 598 g/mol. The molecule has 0 aromatic heterocycles. The molecule has 5 rings (SSSR count). The topological polar surface area (TPSA) is 163 Å². The fraction of sp³-hybridized carbons (Fsp3) is 0.214. The van der Waals surface area contributed by atoms with Crippen molar-refractivity contribution in [3.05, 3.63) is 94.5 Å². The zero-order valence-corrected chi connectivity index (χ0v) is 23.0. The number of phenols is 2. The predicted octanol–water partition coefficient (Wildman–Crippen LogP) is 2.91. The molecule has 0 spiro atoms. The molecule has 2 amide bonds. The molecule has 2 fully saturated rings. The number of nitrogens with one attached hydrogen (secondary N) is 1. The second-order valence-corrected chi connectivity index (χ2v) is 12.7. The number of hydrazone groups is 1. The molecule has 2 saturated heterocycles. The Bertz CT molecular complexity index is 1630. The largest absolute Gasteiger partial charge is 0.504 e. The van der Waals surface area contributed by atoms with Crippen molar-refractivity contribution in [1.82, 2.24) is 10.3 Å². The van der Waals surface area contributed by atoms with Gasteiger partial charge in [0.15, 0.2) is 33.5 Å². The number of hydrogen-bond acceptors (Lipinski definition) is 9.